The summed E-state index contributed by atoms with van der Waals surface area (Å²) in [7, 11) is 0. The number of nitrogens with zero attached hydrogens (tertiary/aromatic N) is 2. The summed E-state index contributed by atoms with van der Waals surface area (Å²) in [5.41, 5.74) is 3.94. The molecule has 3 fully saturated rings. The number of phenols is 1. The second-order valence-corrected chi connectivity index (χ2v) is 11.6. The number of anilines is 1. The van der Waals surface area contributed by atoms with Crippen molar-refractivity contribution in [1.29, 1.82) is 0 Å². The van der Waals surface area contributed by atoms with E-state index in [1.807, 2.05) is 18.2 Å². The molecule has 1 saturated heterocycles. The van der Waals surface area contributed by atoms with Gasteiger partial charge in [0.15, 0.2) is 11.5 Å². The van der Waals surface area contributed by atoms with Crippen molar-refractivity contribution in [3.05, 3.63) is 52.1 Å². The van der Waals surface area contributed by atoms with E-state index in [0.717, 1.165) is 72.8 Å². The molecule has 1 atom stereocenters. The predicted molar refractivity (Wildman–Crippen MR) is 147 cm³/mol. The second kappa shape index (κ2) is 10.0. The number of hydrogen-bond donors (Lipinski definition) is 2. The molecule has 2 aliphatic carbocycles. The molecule has 2 saturated carbocycles. The largest absolute Gasteiger partial charge is 0.505 e. The molecule has 1 aromatic heterocycles. The lowest BCUT2D eigenvalue weighted by Gasteiger charge is -2.35. The maximum absolute atomic E-state index is 13.7. The van der Waals surface area contributed by atoms with E-state index < -0.39 is 6.17 Å². The lowest BCUT2D eigenvalue weighted by atomic mass is 9.89. The standard InChI is InChI=1S/C29H30Cl2FN3O2/c30-24-12-18(13-25(31)29(24)37)17-3-8-26-22(11-17)27(23(14-33-26)28(36)16-1-2-16)34-20-4-6-21(7-5-20)35-10-9-19(32)15-35/h3,8,11-14,16,19-21,37H,1-2,4-7,9-10,15H2,(H,33,34)/t19-,20?,21?/m1/s1. The Balaban J connectivity index is 1.33. The van der Waals surface area contributed by atoms with Gasteiger partial charge in [-0.25, -0.2) is 4.39 Å². The Labute approximate surface area is 226 Å². The average molecular weight is 542 g/mol. The van der Waals surface area contributed by atoms with Gasteiger partial charge in [-0.3, -0.25) is 14.7 Å². The van der Waals surface area contributed by atoms with Gasteiger partial charge in [-0.2, -0.15) is 0 Å². The van der Waals surface area contributed by atoms with Gasteiger partial charge in [0.25, 0.3) is 0 Å². The van der Waals surface area contributed by atoms with Crippen LogP contribution in [-0.4, -0.2) is 52.1 Å². The van der Waals surface area contributed by atoms with Gasteiger partial charge in [0.2, 0.25) is 0 Å². The number of carbonyl (C=O) groups excluding carboxylic acids is 1. The van der Waals surface area contributed by atoms with E-state index in [-0.39, 0.29) is 33.5 Å². The van der Waals surface area contributed by atoms with Crippen LogP contribution in [0.3, 0.4) is 0 Å². The smallest absolute Gasteiger partial charge is 0.169 e. The molecular weight excluding hydrogens is 512 g/mol. The maximum Gasteiger partial charge on any atom is 0.169 e. The lowest BCUT2D eigenvalue weighted by Crippen LogP contribution is -2.39. The average Bonchev–Trinajstić information content (AvgIpc) is 3.67. The van der Waals surface area contributed by atoms with E-state index in [1.165, 1.54) is 0 Å². The van der Waals surface area contributed by atoms with E-state index in [1.54, 1.807) is 18.3 Å². The van der Waals surface area contributed by atoms with Crippen molar-refractivity contribution in [2.45, 2.75) is 63.2 Å². The summed E-state index contributed by atoms with van der Waals surface area (Å²) in [5.74, 6) is 0.0933. The number of aromatic nitrogens is 1. The maximum atomic E-state index is 13.7. The van der Waals surface area contributed by atoms with E-state index in [2.05, 4.69) is 15.2 Å². The van der Waals surface area contributed by atoms with Crippen molar-refractivity contribution in [3.63, 3.8) is 0 Å². The number of alkyl halides is 1. The second-order valence-electron chi connectivity index (χ2n) is 10.7. The van der Waals surface area contributed by atoms with Crippen molar-refractivity contribution in [2.75, 3.05) is 18.4 Å². The number of hydrogen-bond acceptors (Lipinski definition) is 5. The summed E-state index contributed by atoms with van der Waals surface area (Å²) < 4.78 is 13.7. The zero-order valence-electron chi connectivity index (χ0n) is 20.5. The molecule has 1 aliphatic heterocycles. The minimum atomic E-state index is -0.692. The number of carbonyl (C=O) groups is 1. The summed E-state index contributed by atoms with van der Waals surface area (Å²) >= 11 is 12.4. The van der Waals surface area contributed by atoms with E-state index in [0.29, 0.717) is 24.6 Å². The van der Waals surface area contributed by atoms with Crippen LogP contribution in [0.1, 0.15) is 55.3 Å². The number of pyridine rings is 1. The number of phenolic OH excluding ortho intramolecular Hbond substituents is 1. The Hall–Kier alpha value is -2.41. The SMILES string of the molecule is O=C(c1cnc2ccc(-c3cc(Cl)c(O)c(Cl)c3)cc2c1NC1CCC(N2CC[C@@H](F)C2)CC1)C1CC1. The highest BCUT2D eigenvalue weighted by molar-refractivity contribution is 6.37. The van der Waals surface area contributed by atoms with Gasteiger partial charge in [-0.15, -0.1) is 0 Å². The highest BCUT2D eigenvalue weighted by Crippen LogP contribution is 2.41. The molecule has 194 valence electrons. The molecule has 6 rings (SSSR count). The van der Waals surface area contributed by atoms with Gasteiger partial charge in [0.1, 0.15) is 6.17 Å². The van der Waals surface area contributed by atoms with Crippen LogP contribution in [0.2, 0.25) is 10.0 Å². The molecular formula is C29H30Cl2FN3O2. The van der Waals surface area contributed by atoms with E-state index in [4.69, 9.17) is 23.2 Å². The fraction of sp³-hybridized carbons (Fsp3) is 0.448. The normalized spacial score (nSPS) is 24.5. The molecule has 0 unspecified atom stereocenters. The summed E-state index contributed by atoms with van der Waals surface area (Å²) in [6.45, 7) is 1.42. The zero-order valence-corrected chi connectivity index (χ0v) is 22.0. The van der Waals surface area contributed by atoms with Crippen LogP contribution in [0.25, 0.3) is 22.0 Å². The van der Waals surface area contributed by atoms with Gasteiger partial charge in [-0.1, -0.05) is 29.3 Å². The van der Waals surface area contributed by atoms with Crippen molar-refractivity contribution in [1.82, 2.24) is 9.88 Å². The molecule has 5 nitrogen and oxygen atoms in total. The number of rotatable bonds is 6. The zero-order chi connectivity index (χ0) is 25.7. The fourth-order valence-corrected chi connectivity index (χ4v) is 6.36. The Morgan fingerprint density at radius 1 is 1.00 bits per heavy atom. The molecule has 2 heterocycles. The summed E-state index contributed by atoms with van der Waals surface area (Å²) in [6, 6.07) is 9.95. The first-order chi connectivity index (χ1) is 17.9. The summed E-state index contributed by atoms with van der Waals surface area (Å²) in [4.78, 5) is 20.2. The molecule has 37 heavy (non-hydrogen) atoms. The predicted octanol–water partition coefficient (Wildman–Crippen LogP) is 7.27. The molecule has 2 aromatic carbocycles. The minimum absolute atomic E-state index is 0.0808. The minimum Gasteiger partial charge on any atom is -0.505 e. The number of halogens is 3. The third-order valence-corrected chi connectivity index (χ3v) is 8.73. The highest BCUT2D eigenvalue weighted by Gasteiger charge is 2.34. The van der Waals surface area contributed by atoms with Crippen LogP contribution in [0.5, 0.6) is 5.75 Å². The van der Waals surface area contributed by atoms with Crippen LogP contribution < -0.4 is 5.32 Å². The number of likely N-dealkylation sites (tertiary alicyclic amines) is 1. The first-order valence-corrected chi connectivity index (χ1v) is 13.9. The molecule has 3 aliphatic rings. The number of fused-ring (bicyclic) bond motifs is 1. The Morgan fingerprint density at radius 3 is 2.38 bits per heavy atom. The molecule has 0 spiro atoms. The molecule has 3 aromatic rings. The Kier molecular flexibility index (Phi) is 6.76. The van der Waals surface area contributed by atoms with Crippen LogP contribution in [0, 0.1) is 5.92 Å². The van der Waals surface area contributed by atoms with E-state index >= 15 is 0 Å². The highest BCUT2D eigenvalue weighted by atomic mass is 35.5. The van der Waals surface area contributed by atoms with Crippen molar-refractivity contribution in [2.24, 2.45) is 5.92 Å². The fourth-order valence-electron chi connectivity index (χ4n) is 5.88. The van der Waals surface area contributed by atoms with Crippen LogP contribution in [-0.2, 0) is 0 Å². The quantitative estimate of drug-likeness (QED) is 0.321. The molecule has 0 amide bonds. The van der Waals surface area contributed by atoms with E-state index in [9.17, 15) is 14.3 Å². The molecule has 0 bridgehead atoms. The number of benzene rings is 2. The lowest BCUT2D eigenvalue weighted by molar-refractivity contribution is 0.0968. The number of aromatic hydroxyl groups is 1. The van der Waals surface area contributed by atoms with Gasteiger partial charge in [-0.05, 0) is 80.3 Å². The Morgan fingerprint density at radius 2 is 1.73 bits per heavy atom. The van der Waals surface area contributed by atoms with Crippen molar-refractivity contribution in [3.8, 4) is 16.9 Å². The monoisotopic (exact) mass is 541 g/mol. The molecule has 2 N–H and O–H groups in total. The number of nitrogens with one attached hydrogen (secondary N) is 1. The molecule has 8 heteroatoms. The first kappa shape index (κ1) is 24.9. The van der Waals surface area contributed by atoms with Crippen molar-refractivity contribution >= 4 is 45.6 Å². The topological polar surface area (TPSA) is 65.5 Å². The third kappa shape index (κ3) is 5.04. The van der Waals surface area contributed by atoms with Gasteiger partial charge in [0, 0.05) is 42.7 Å². The van der Waals surface area contributed by atoms with Gasteiger partial charge >= 0.3 is 0 Å². The summed E-state index contributed by atoms with van der Waals surface area (Å²) in [5, 5.41) is 15.0. The number of Topliss-reactive ketones (excluding diaryl/α,β-unsaturated/α-hetero) is 1. The Bertz CT molecular complexity index is 1330. The number of ketones is 1. The van der Waals surface area contributed by atoms with Gasteiger partial charge in [0.05, 0.1) is 26.8 Å². The first-order valence-electron chi connectivity index (χ1n) is 13.2. The molecule has 0 radical (unpaired) electrons. The van der Waals surface area contributed by atoms with Gasteiger partial charge < -0.3 is 10.4 Å². The van der Waals surface area contributed by atoms with Crippen LogP contribution in [0.15, 0.2) is 36.5 Å². The van der Waals surface area contributed by atoms with Crippen LogP contribution >= 0.6 is 23.2 Å². The third-order valence-electron chi connectivity index (χ3n) is 8.16. The summed E-state index contributed by atoms with van der Waals surface area (Å²) in [6.07, 6.45) is 7.52. The van der Waals surface area contributed by atoms with Crippen molar-refractivity contribution < 1.29 is 14.3 Å². The van der Waals surface area contributed by atoms with Crippen LogP contribution in [0.4, 0.5) is 10.1 Å².